The highest BCUT2D eigenvalue weighted by atomic mass is 16.2. The first-order chi connectivity index (χ1) is 6.56. The van der Waals surface area contributed by atoms with E-state index in [0.29, 0.717) is 5.92 Å². The van der Waals surface area contributed by atoms with Gasteiger partial charge in [0.25, 0.3) is 0 Å². The van der Waals surface area contributed by atoms with Crippen molar-refractivity contribution < 1.29 is 4.79 Å². The van der Waals surface area contributed by atoms with Gasteiger partial charge < -0.3 is 4.90 Å². The summed E-state index contributed by atoms with van der Waals surface area (Å²) in [7, 11) is 1.90. The summed E-state index contributed by atoms with van der Waals surface area (Å²) in [6.07, 6.45) is 3.31. The van der Waals surface area contributed by atoms with Gasteiger partial charge >= 0.3 is 0 Å². The molecule has 0 bridgehead atoms. The second-order valence-corrected chi connectivity index (χ2v) is 4.60. The first-order valence-electron chi connectivity index (χ1n) is 5.59. The molecule has 3 heteroatoms. The molecule has 0 spiro atoms. The van der Waals surface area contributed by atoms with Crippen molar-refractivity contribution in [1.82, 2.24) is 10.2 Å². The smallest absolute Gasteiger partial charge is 0.240 e. The van der Waals surface area contributed by atoms with Crippen molar-refractivity contribution in [3.8, 4) is 0 Å². The summed E-state index contributed by atoms with van der Waals surface area (Å²) in [6.45, 7) is 6.49. The molecule has 82 valence electrons. The maximum absolute atomic E-state index is 11.8. The van der Waals surface area contributed by atoms with E-state index in [0.717, 1.165) is 19.3 Å². The Balaban J connectivity index is 2.53. The van der Waals surface area contributed by atoms with Gasteiger partial charge in [-0.05, 0) is 18.8 Å². The molecule has 0 aliphatic carbocycles. The minimum Gasteiger partial charge on any atom is -0.329 e. The summed E-state index contributed by atoms with van der Waals surface area (Å²) in [5.74, 6) is 0.889. The van der Waals surface area contributed by atoms with Crippen molar-refractivity contribution >= 4 is 5.91 Å². The normalized spacial score (nSPS) is 27.8. The third-order valence-corrected chi connectivity index (χ3v) is 2.78. The van der Waals surface area contributed by atoms with Gasteiger partial charge in [0, 0.05) is 7.05 Å². The molecular formula is C11H22N2O. The molecule has 2 atom stereocenters. The predicted octanol–water partition coefficient (Wildman–Crippen LogP) is 1.59. The van der Waals surface area contributed by atoms with Crippen molar-refractivity contribution in [2.24, 2.45) is 5.92 Å². The van der Waals surface area contributed by atoms with Crippen LogP contribution in [0.15, 0.2) is 0 Å². The largest absolute Gasteiger partial charge is 0.329 e. The van der Waals surface area contributed by atoms with Crippen LogP contribution < -0.4 is 5.32 Å². The van der Waals surface area contributed by atoms with Gasteiger partial charge in [-0.2, -0.15) is 0 Å². The van der Waals surface area contributed by atoms with Crippen molar-refractivity contribution in [1.29, 1.82) is 0 Å². The van der Waals surface area contributed by atoms with E-state index in [4.69, 9.17) is 0 Å². The third kappa shape index (κ3) is 2.47. The predicted molar refractivity (Wildman–Crippen MR) is 57.8 cm³/mol. The molecule has 1 rings (SSSR count). The molecule has 1 heterocycles. The standard InChI is InChI=1S/C11H22N2O/c1-5-6-9-11(14)13(4)10(12-9)7-8(2)3/h8-10,12H,5-7H2,1-4H3. The molecule has 0 radical (unpaired) electrons. The molecule has 3 nitrogen and oxygen atoms in total. The zero-order chi connectivity index (χ0) is 10.7. The van der Waals surface area contributed by atoms with E-state index in [1.54, 1.807) is 0 Å². The van der Waals surface area contributed by atoms with Gasteiger partial charge in [0.1, 0.15) is 0 Å². The molecule has 1 aliphatic rings. The Bertz CT molecular complexity index is 203. The zero-order valence-electron chi connectivity index (χ0n) is 9.71. The number of carbonyl (C=O) groups excluding carboxylic acids is 1. The van der Waals surface area contributed by atoms with Crippen LogP contribution in [0.4, 0.5) is 0 Å². The lowest BCUT2D eigenvalue weighted by molar-refractivity contribution is -0.129. The Kier molecular flexibility index (Phi) is 3.93. The van der Waals surface area contributed by atoms with Crippen molar-refractivity contribution in [3.05, 3.63) is 0 Å². The minimum absolute atomic E-state index is 0.0637. The van der Waals surface area contributed by atoms with E-state index < -0.39 is 0 Å². The van der Waals surface area contributed by atoms with E-state index in [9.17, 15) is 4.79 Å². The highest BCUT2D eigenvalue weighted by Crippen LogP contribution is 2.17. The lowest BCUT2D eigenvalue weighted by Gasteiger charge is -2.20. The Morgan fingerprint density at radius 2 is 2.14 bits per heavy atom. The summed E-state index contributed by atoms with van der Waals surface area (Å²) < 4.78 is 0. The second kappa shape index (κ2) is 4.78. The number of likely N-dealkylation sites (N-methyl/N-ethyl adjacent to an activating group) is 1. The van der Waals surface area contributed by atoms with Gasteiger partial charge in [0.2, 0.25) is 5.91 Å². The maximum atomic E-state index is 11.8. The fourth-order valence-corrected chi connectivity index (χ4v) is 1.98. The lowest BCUT2D eigenvalue weighted by Crippen LogP contribution is -2.35. The highest BCUT2D eigenvalue weighted by Gasteiger charge is 2.35. The summed E-state index contributed by atoms with van der Waals surface area (Å²) >= 11 is 0. The van der Waals surface area contributed by atoms with Crippen molar-refractivity contribution in [2.45, 2.75) is 52.2 Å². The average molecular weight is 198 g/mol. The highest BCUT2D eigenvalue weighted by molar-refractivity contribution is 5.83. The van der Waals surface area contributed by atoms with Crippen LogP contribution in [0.2, 0.25) is 0 Å². The van der Waals surface area contributed by atoms with Crippen molar-refractivity contribution in [3.63, 3.8) is 0 Å². The topological polar surface area (TPSA) is 32.3 Å². The molecule has 2 unspecified atom stereocenters. The van der Waals surface area contributed by atoms with Crippen LogP contribution in [-0.4, -0.2) is 30.1 Å². The molecule has 1 aliphatic heterocycles. The van der Waals surface area contributed by atoms with E-state index in [1.165, 1.54) is 0 Å². The molecular weight excluding hydrogens is 176 g/mol. The first kappa shape index (κ1) is 11.5. The fraction of sp³-hybridized carbons (Fsp3) is 0.909. The Hall–Kier alpha value is -0.570. The van der Waals surface area contributed by atoms with Crippen LogP contribution in [0.3, 0.4) is 0 Å². The molecule has 1 amide bonds. The number of rotatable bonds is 4. The number of amides is 1. The lowest BCUT2D eigenvalue weighted by atomic mass is 10.1. The van der Waals surface area contributed by atoms with E-state index in [1.807, 2.05) is 11.9 Å². The summed E-state index contributed by atoms with van der Waals surface area (Å²) in [4.78, 5) is 13.6. The number of carbonyl (C=O) groups is 1. The average Bonchev–Trinajstić information content (AvgIpc) is 2.34. The Labute approximate surface area is 86.9 Å². The van der Waals surface area contributed by atoms with E-state index in [2.05, 4.69) is 26.1 Å². The molecule has 14 heavy (non-hydrogen) atoms. The molecule has 0 aromatic carbocycles. The first-order valence-corrected chi connectivity index (χ1v) is 5.59. The summed E-state index contributed by atoms with van der Waals surface area (Å²) in [5, 5.41) is 3.40. The van der Waals surface area contributed by atoms with Crippen LogP contribution in [0.5, 0.6) is 0 Å². The van der Waals surface area contributed by atoms with Gasteiger partial charge in [-0.25, -0.2) is 0 Å². The zero-order valence-corrected chi connectivity index (χ0v) is 9.71. The molecule has 0 aromatic heterocycles. The van der Waals surface area contributed by atoms with Crippen LogP contribution >= 0.6 is 0 Å². The van der Waals surface area contributed by atoms with Crippen LogP contribution in [0, 0.1) is 5.92 Å². The Morgan fingerprint density at radius 1 is 1.50 bits per heavy atom. The molecule has 1 fully saturated rings. The number of nitrogens with zero attached hydrogens (tertiary/aromatic N) is 1. The van der Waals surface area contributed by atoms with Crippen LogP contribution in [-0.2, 0) is 4.79 Å². The van der Waals surface area contributed by atoms with Crippen LogP contribution in [0.25, 0.3) is 0 Å². The number of nitrogens with one attached hydrogen (secondary N) is 1. The quantitative estimate of drug-likeness (QED) is 0.744. The van der Waals surface area contributed by atoms with Crippen molar-refractivity contribution in [2.75, 3.05) is 7.05 Å². The minimum atomic E-state index is 0.0637. The van der Waals surface area contributed by atoms with E-state index >= 15 is 0 Å². The summed E-state index contributed by atoms with van der Waals surface area (Å²) in [6, 6.07) is 0.0637. The third-order valence-electron chi connectivity index (χ3n) is 2.78. The molecule has 0 saturated carbocycles. The number of hydrogen-bond donors (Lipinski definition) is 1. The molecule has 0 aromatic rings. The van der Waals surface area contributed by atoms with Gasteiger partial charge in [0.15, 0.2) is 0 Å². The van der Waals surface area contributed by atoms with Gasteiger partial charge in [-0.1, -0.05) is 27.2 Å². The Morgan fingerprint density at radius 3 is 2.64 bits per heavy atom. The SMILES string of the molecule is CCCC1NC(CC(C)C)N(C)C1=O. The molecule has 1 N–H and O–H groups in total. The maximum Gasteiger partial charge on any atom is 0.240 e. The summed E-state index contributed by atoms with van der Waals surface area (Å²) in [5.41, 5.74) is 0. The van der Waals surface area contributed by atoms with Gasteiger partial charge in [0.05, 0.1) is 12.2 Å². The van der Waals surface area contributed by atoms with E-state index in [-0.39, 0.29) is 18.1 Å². The monoisotopic (exact) mass is 198 g/mol. The van der Waals surface area contributed by atoms with Gasteiger partial charge in [-0.3, -0.25) is 10.1 Å². The molecule has 1 saturated heterocycles. The fourth-order valence-electron chi connectivity index (χ4n) is 1.98. The number of hydrogen-bond acceptors (Lipinski definition) is 2. The van der Waals surface area contributed by atoms with Crippen LogP contribution in [0.1, 0.15) is 40.0 Å². The van der Waals surface area contributed by atoms with Gasteiger partial charge in [-0.15, -0.1) is 0 Å². The second-order valence-electron chi connectivity index (χ2n) is 4.60.